The number of hydrogen-bond acceptors (Lipinski definition) is 5. The summed E-state index contributed by atoms with van der Waals surface area (Å²) in [7, 11) is 0. The highest BCUT2D eigenvalue weighted by Gasteiger charge is 2.42. The summed E-state index contributed by atoms with van der Waals surface area (Å²) < 4.78 is 12.4. The van der Waals surface area contributed by atoms with Crippen LogP contribution in [-0.4, -0.2) is 36.3 Å². The number of ether oxygens (including phenoxy) is 1. The van der Waals surface area contributed by atoms with Gasteiger partial charge in [0.15, 0.2) is 5.43 Å². The highest BCUT2D eigenvalue weighted by atomic mass is 79.9. The van der Waals surface area contributed by atoms with E-state index in [1.165, 1.54) is 0 Å². The van der Waals surface area contributed by atoms with Crippen LogP contribution in [0, 0.1) is 0 Å². The SMILES string of the molecule is CSc1ccc(C2c3c(oc4ccc(Br)cc4c3=O)C(=O)N2CCCOC(C)C)cc1. The quantitative estimate of drug-likeness (QED) is 0.309. The first-order valence-corrected chi connectivity index (χ1v) is 12.2. The van der Waals surface area contributed by atoms with E-state index in [0.717, 1.165) is 14.9 Å². The minimum atomic E-state index is -0.475. The third-order valence-corrected chi connectivity index (χ3v) is 6.59. The van der Waals surface area contributed by atoms with Crippen molar-refractivity contribution < 1.29 is 13.9 Å². The number of rotatable bonds is 7. The van der Waals surface area contributed by atoms with Gasteiger partial charge >= 0.3 is 0 Å². The van der Waals surface area contributed by atoms with Gasteiger partial charge in [0.2, 0.25) is 5.76 Å². The first kappa shape index (κ1) is 22.1. The van der Waals surface area contributed by atoms with Gasteiger partial charge in [0.05, 0.1) is 23.1 Å². The summed E-state index contributed by atoms with van der Waals surface area (Å²) in [6.07, 6.45) is 2.83. The Bertz CT molecular complexity index is 1170. The van der Waals surface area contributed by atoms with Crippen molar-refractivity contribution >= 4 is 44.6 Å². The lowest BCUT2D eigenvalue weighted by Gasteiger charge is -2.25. The van der Waals surface area contributed by atoms with E-state index >= 15 is 0 Å². The molecule has 1 unspecified atom stereocenters. The van der Waals surface area contributed by atoms with Gasteiger partial charge in [-0.25, -0.2) is 0 Å². The lowest BCUT2D eigenvalue weighted by Crippen LogP contribution is -2.31. The maximum atomic E-state index is 13.5. The van der Waals surface area contributed by atoms with Crippen LogP contribution in [0.4, 0.5) is 0 Å². The van der Waals surface area contributed by atoms with Gasteiger partial charge in [-0.05, 0) is 62.4 Å². The van der Waals surface area contributed by atoms with Crippen LogP contribution in [0.25, 0.3) is 11.0 Å². The molecule has 0 saturated heterocycles. The Labute approximate surface area is 193 Å². The topological polar surface area (TPSA) is 59.8 Å². The van der Waals surface area contributed by atoms with E-state index in [1.807, 2.05) is 44.4 Å². The van der Waals surface area contributed by atoms with Gasteiger partial charge in [-0.3, -0.25) is 9.59 Å². The van der Waals surface area contributed by atoms with Gasteiger partial charge in [0.25, 0.3) is 5.91 Å². The van der Waals surface area contributed by atoms with E-state index < -0.39 is 6.04 Å². The zero-order valence-electron chi connectivity index (χ0n) is 17.7. The normalized spacial score (nSPS) is 15.8. The van der Waals surface area contributed by atoms with Gasteiger partial charge < -0.3 is 14.1 Å². The Balaban J connectivity index is 1.81. The molecule has 7 heteroatoms. The second-order valence-electron chi connectivity index (χ2n) is 7.76. The average molecular weight is 502 g/mol. The van der Waals surface area contributed by atoms with Crippen LogP contribution in [0.1, 0.15) is 48.0 Å². The predicted molar refractivity (Wildman–Crippen MR) is 127 cm³/mol. The van der Waals surface area contributed by atoms with E-state index in [-0.39, 0.29) is 23.2 Å². The van der Waals surface area contributed by atoms with Gasteiger partial charge in [0.1, 0.15) is 5.58 Å². The molecule has 0 saturated carbocycles. The van der Waals surface area contributed by atoms with Gasteiger partial charge in [-0.2, -0.15) is 0 Å². The molecule has 162 valence electrons. The zero-order valence-corrected chi connectivity index (χ0v) is 20.1. The monoisotopic (exact) mass is 501 g/mol. The largest absolute Gasteiger partial charge is 0.450 e. The fraction of sp³-hybridized carbons (Fsp3) is 0.333. The number of amides is 1. The standard InChI is InChI=1S/C24H24BrNO4S/c1-14(2)29-12-4-11-26-21(15-5-8-17(31-3)9-6-15)20-22(27)18-13-16(25)7-10-19(18)30-23(20)24(26)28/h5-10,13-14,21H,4,11-12H2,1-3H3. The summed E-state index contributed by atoms with van der Waals surface area (Å²) in [5.41, 5.74) is 1.57. The molecule has 1 aliphatic rings. The predicted octanol–water partition coefficient (Wildman–Crippen LogP) is 5.64. The molecular weight excluding hydrogens is 478 g/mol. The summed E-state index contributed by atoms with van der Waals surface area (Å²) in [6.45, 7) is 4.99. The molecule has 1 atom stereocenters. The zero-order chi connectivity index (χ0) is 22.1. The number of nitrogens with zero attached hydrogens (tertiary/aromatic N) is 1. The molecule has 3 aromatic rings. The first-order valence-electron chi connectivity index (χ1n) is 10.2. The number of halogens is 1. The Hall–Kier alpha value is -2.09. The second-order valence-corrected chi connectivity index (χ2v) is 9.56. The van der Waals surface area contributed by atoms with Crippen LogP contribution in [0.5, 0.6) is 0 Å². The van der Waals surface area contributed by atoms with Crippen LogP contribution in [0.2, 0.25) is 0 Å². The molecule has 0 aliphatic carbocycles. The van der Waals surface area contributed by atoms with E-state index in [1.54, 1.807) is 34.9 Å². The molecule has 0 spiro atoms. The lowest BCUT2D eigenvalue weighted by molar-refractivity contribution is 0.0593. The van der Waals surface area contributed by atoms with Crippen molar-refractivity contribution in [3.63, 3.8) is 0 Å². The molecule has 0 fully saturated rings. The Morgan fingerprint density at radius 1 is 1.16 bits per heavy atom. The average Bonchev–Trinajstić information content (AvgIpc) is 3.04. The van der Waals surface area contributed by atoms with Crippen molar-refractivity contribution in [2.75, 3.05) is 19.4 Å². The molecule has 1 amide bonds. The van der Waals surface area contributed by atoms with E-state index in [9.17, 15) is 9.59 Å². The Morgan fingerprint density at radius 2 is 1.90 bits per heavy atom. The maximum Gasteiger partial charge on any atom is 0.290 e. The number of carbonyl (C=O) groups excluding carboxylic acids is 1. The summed E-state index contributed by atoms with van der Waals surface area (Å²) in [4.78, 5) is 29.7. The van der Waals surface area contributed by atoms with Crippen molar-refractivity contribution in [2.24, 2.45) is 0 Å². The molecule has 0 radical (unpaired) electrons. The summed E-state index contributed by atoms with van der Waals surface area (Å²) in [5.74, 6) is -0.107. The van der Waals surface area contributed by atoms with Gasteiger partial charge in [-0.1, -0.05) is 28.1 Å². The smallest absolute Gasteiger partial charge is 0.290 e. The lowest BCUT2D eigenvalue weighted by atomic mass is 9.98. The van der Waals surface area contributed by atoms with Crippen molar-refractivity contribution in [1.29, 1.82) is 0 Å². The van der Waals surface area contributed by atoms with E-state index in [4.69, 9.17) is 9.15 Å². The summed E-state index contributed by atoms with van der Waals surface area (Å²) in [5, 5.41) is 0.469. The second kappa shape index (κ2) is 9.18. The van der Waals surface area contributed by atoms with Crippen LogP contribution in [0.15, 0.2) is 61.0 Å². The minimum absolute atomic E-state index is 0.133. The number of carbonyl (C=O) groups is 1. The third-order valence-electron chi connectivity index (χ3n) is 5.35. The molecular formula is C24H24BrNO4S. The fourth-order valence-electron chi connectivity index (χ4n) is 3.91. The third kappa shape index (κ3) is 4.31. The summed E-state index contributed by atoms with van der Waals surface area (Å²) >= 11 is 5.08. The van der Waals surface area contributed by atoms with Crippen LogP contribution < -0.4 is 5.43 Å². The number of fused-ring (bicyclic) bond motifs is 2. The molecule has 31 heavy (non-hydrogen) atoms. The number of hydrogen-bond donors (Lipinski definition) is 0. The van der Waals surface area contributed by atoms with Crippen molar-refractivity contribution in [1.82, 2.24) is 4.90 Å². The van der Waals surface area contributed by atoms with Crippen LogP contribution in [0.3, 0.4) is 0 Å². The van der Waals surface area contributed by atoms with Crippen molar-refractivity contribution in [3.8, 4) is 0 Å². The molecule has 1 aliphatic heterocycles. The Morgan fingerprint density at radius 3 is 2.58 bits per heavy atom. The minimum Gasteiger partial charge on any atom is -0.450 e. The molecule has 4 rings (SSSR count). The van der Waals surface area contributed by atoms with Crippen molar-refractivity contribution in [3.05, 3.63) is 74.0 Å². The van der Waals surface area contributed by atoms with E-state index in [2.05, 4.69) is 15.9 Å². The summed E-state index contributed by atoms with van der Waals surface area (Å²) in [6, 6.07) is 12.8. The number of thioether (sulfide) groups is 1. The molecule has 2 aromatic carbocycles. The molecule has 5 nitrogen and oxygen atoms in total. The highest BCUT2D eigenvalue weighted by Crippen LogP contribution is 2.38. The molecule has 0 N–H and O–H groups in total. The maximum absolute atomic E-state index is 13.5. The first-order chi connectivity index (χ1) is 14.9. The Kier molecular flexibility index (Phi) is 6.55. The van der Waals surface area contributed by atoms with Crippen LogP contribution in [-0.2, 0) is 4.74 Å². The van der Waals surface area contributed by atoms with Crippen molar-refractivity contribution in [2.45, 2.75) is 37.3 Å². The van der Waals surface area contributed by atoms with Gasteiger partial charge in [0, 0.05) is 22.5 Å². The molecule has 0 bridgehead atoms. The van der Waals surface area contributed by atoms with Crippen LogP contribution >= 0.6 is 27.7 Å². The van der Waals surface area contributed by atoms with Gasteiger partial charge in [-0.15, -0.1) is 11.8 Å². The molecule has 2 heterocycles. The highest BCUT2D eigenvalue weighted by molar-refractivity contribution is 9.10. The number of benzene rings is 2. The fourth-order valence-corrected chi connectivity index (χ4v) is 4.68. The molecule has 1 aromatic heterocycles. The van der Waals surface area contributed by atoms with E-state index in [0.29, 0.717) is 36.1 Å².